The lowest BCUT2D eigenvalue weighted by molar-refractivity contribution is -0.144. The molecule has 3 aromatic rings. The standard InChI is InChI=1S/C16H11Br2ClF3N5O/c1-26-13(16(20,21)22)11(18)12(24-26)15(28)23-14-9(17)7-27(25-14)6-8-4-2-3-5-10(8)19/h2-5,7H,6H2,1H3,(H,23,25,28). The Morgan fingerprint density at radius 3 is 2.54 bits per heavy atom. The van der Waals surface area contributed by atoms with Crippen LogP contribution < -0.4 is 5.32 Å². The molecule has 0 radical (unpaired) electrons. The van der Waals surface area contributed by atoms with Gasteiger partial charge in [0.25, 0.3) is 5.91 Å². The average molecular weight is 542 g/mol. The van der Waals surface area contributed by atoms with Gasteiger partial charge >= 0.3 is 6.18 Å². The molecule has 0 saturated carbocycles. The minimum absolute atomic E-state index is 0.142. The van der Waals surface area contributed by atoms with E-state index < -0.39 is 27.9 Å². The molecule has 6 nitrogen and oxygen atoms in total. The Morgan fingerprint density at radius 1 is 1.25 bits per heavy atom. The van der Waals surface area contributed by atoms with Crippen molar-refractivity contribution in [3.05, 3.63) is 61.4 Å². The van der Waals surface area contributed by atoms with Crippen molar-refractivity contribution < 1.29 is 18.0 Å². The highest BCUT2D eigenvalue weighted by molar-refractivity contribution is 9.11. The highest BCUT2D eigenvalue weighted by Gasteiger charge is 2.39. The first-order valence-electron chi connectivity index (χ1n) is 7.65. The molecule has 1 amide bonds. The number of benzene rings is 1. The van der Waals surface area contributed by atoms with Gasteiger partial charge in [-0.1, -0.05) is 29.8 Å². The van der Waals surface area contributed by atoms with Crippen molar-refractivity contribution in [1.29, 1.82) is 0 Å². The molecule has 1 N–H and O–H groups in total. The fourth-order valence-electron chi connectivity index (χ4n) is 2.48. The zero-order chi connectivity index (χ0) is 20.6. The van der Waals surface area contributed by atoms with Gasteiger partial charge in [-0.05, 0) is 43.5 Å². The van der Waals surface area contributed by atoms with E-state index in [0.29, 0.717) is 20.7 Å². The normalized spacial score (nSPS) is 11.7. The first-order chi connectivity index (χ1) is 13.1. The third-order valence-electron chi connectivity index (χ3n) is 3.71. The molecule has 0 aliphatic carbocycles. The number of carbonyl (C=O) groups excluding carboxylic acids is 1. The molecule has 2 aromatic heterocycles. The Balaban J connectivity index is 1.82. The van der Waals surface area contributed by atoms with Crippen LogP contribution >= 0.6 is 43.5 Å². The van der Waals surface area contributed by atoms with E-state index in [4.69, 9.17) is 11.6 Å². The lowest BCUT2D eigenvalue weighted by atomic mass is 10.2. The summed E-state index contributed by atoms with van der Waals surface area (Å²) in [6.45, 7) is 0.347. The number of hydrogen-bond acceptors (Lipinski definition) is 3. The van der Waals surface area contributed by atoms with Crippen molar-refractivity contribution >= 4 is 55.2 Å². The van der Waals surface area contributed by atoms with Crippen LogP contribution in [-0.2, 0) is 19.8 Å². The van der Waals surface area contributed by atoms with Gasteiger partial charge < -0.3 is 5.32 Å². The van der Waals surface area contributed by atoms with Crippen LogP contribution in [0.15, 0.2) is 39.4 Å². The van der Waals surface area contributed by atoms with E-state index in [0.717, 1.165) is 12.6 Å². The monoisotopic (exact) mass is 539 g/mol. The summed E-state index contributed by atoms with van der Waals surface area (Å²) in [4.78, 5) is 12.4. The van der Waals surface area contributed by atoms with E-state index in [1.54, 1.807) is 18.3 Å². The molecular formula is C16H11Br2ClF3N5O. The minimum Gasteiger partial charge on any atom is -0.303 e. The highest BCUT2D eigenvalue weighted by Crippen LogP contribution is 2.36. The SMILES string of the molecule is Cn1nc(C(=O)Nc2nn(Cc3ccccc3Cl)cc2Br)c(Br)c1C(F)(F)F. The van der Waals surface area contributed by atoms with E-state index in [2.05, 4.69) is 47.4 Å². The Bertz CT molecular complexity index is 1050. The van der Waals surface area contributed by atoms with Crippen molar-refractivity contribution in [2.75, 3.05) is 5.32 Å². The van der Waals surface area contributed by atoms with Crippen molar-refractivity contribution in [3.8, 4) is 0 Å². The van der Waals surface area contributed by atoms with Gasteiger partial charge in [0.15, 0.2) is 17.2 Å². The topological polar surface area (TPSA) is 64.7 Å². The van der Waals surface area contributed by atoms with Gasteiger partial charge in [-0.15, -0.1) is 0 Å². The van der Waals surface area contributed by atoms with Gasteiger partial charge in [-0.25, -0.2) is 0 Å². The number of hydrogen-bond donors (Lipinski definition) is 1. The fourth-order valence-corrected chi connectivity index (χ4v) is 3.83. The Morgan fingerprint density at radius 2 is 1.93 bits per heavy atom. The Hall–Kier alpha value is -1.85. The summed E-state index contributed by atoms with van der Waals surface area (Å²) in [5.74, 6) is -0.690. The number of rotatable bonds is 4. The number of anilines is 1. The number of aromatic nitrogens is 4. The van der Waals surface area contributed by atoms with Crippen molar-refractivity contribution in [1.82, 2.24) is 19.6 Å². The van der Waals surface area contributed by atoms with E-state index in [-0.39, 0.29) is 5.82 Å². The fraction of sp³-hybridized carbons (Fsp3) is 0.188. The third kappa shape index (κ3) is 4.26. The van der Waals surface area contributed by atoms with Gasteiger partial charge in [0, 0.05) is 18.3 Å². The van der Waals surface area contributed by atoms with E-state index in [9.17, 15) is 18.0 Å². The van der Waals surface area contributed by atoms with Crippen LogP contribution in [0, 0.1) is 0 Å². The van der Waals surface area contributed by atoms with Gasteiger partial charge in [-0.2, -0.15) is 23.4 Å². The first kappa shape index (κ1) is 20.9. The third-order valence-corrected chi connectivity index (χ3v) is 5.41. The van der Waals surface area contributed by atoms with Crippen LogP contribution in [0.25, 0.3) is 0 Å². The number of amides is 1. The van der Waals surface area contributed by atoms with E-state index >= 15 is 0 Å². The molecule has 0 bridgehead atoms. The van der Waals surface area contributed by atoms with Crippen molar-refractivity contribution in [2.24, 2.45) is 7.05 Å². The van der Waals surface area contributed by atoms with Crippen LogP contribution in [0.4, 0.5) is 19.0 Å². The number of alkyl halides is 3. The highest BCUT2D eigenvalue weighted by atomic mass is 79.9. The molecule has 3 rings (SSSR count). The summed E-state index contributed by atoms with van der Waals surface area (Å²) in [6, 6.07) is 7.21. The zero-order valence-corrected chi connectivity index (χ0v) is 18.0. The molecular weight excluding hydrogens is 530 g/mol. The van der Waals surface area contributed by atoms with Crippen LogP contribution in [-0.4, -0.2) is 25.5 Å². The summed E-state index contributed by atoms with van der Waals surface area (Å²) in [6.07, 6.45) is -3.04. The molecule has 12 heteroatoms. The lowest BCUT2D eigenvalue weighted by Crippen LogP contribution is -2.14. The van der Waals surface area contributed by atoms with E-state index in [1.807, 2.05) is 12.1 Å². The van der Waals surface area contributed by atoms with Crippen molar-refractivity contribution in [2.45, 2.75) is 12.7 Å². The quantitative estimate of drug-likeness (QED) is 0.499. The number of halogens is 6. The number of carbonyl (C=O) groups is 1. The van der Waals surface area contributed by atoms with Crippen LogP contribution in [0.3, 0.4) is 0 Å². The molecule has 0 saturated heterocycles. The molecule has 0 atom stereocenters. The second kappa shape index (κ2) is 7.88. The maximum atomic E-state index is 13.1. The van der Waals surface area contributed by atoms with Crippen LogP contribution in [0.1, 0.15) is 21.7 Å². The van der Waals surface area contributed by atoms with E-state index in [1.165, 1.54) is 4.68 Å². The average Bonchev–Trinajstić information content (AvgIpc) is 3.08. The number of nitrogens with one attached hydrogen (secondary N) is 1. The Labute approximate surface area is 178 Å². The molecule has 2 heterocycles. The molecule has 28 heavy (non-hydrogen) atoms. The summed E-state index contributed by atoms with van der Waals surface area (Å²) in [5.41, 5.74) is -0.636. The summed E-state index contributed by atoms with van der Waals surface area (Å²) >= 11 is 12.2. The summed E-state index contributed by atoms with van der Waals surface area (Å²) < 4.78 is 41.3. The predicted molar refractivity (Wildman–Crippen MR) is 104 cm³/mol. The van der Waals surface area contributed by atoms with Gasteiger partial charge in [0.2, 0.25) is 0 Å². The van der Waals surface area contributed by atoms with Crippen LogP contribution in [0.5, 0.6) is 0 Å². The maximum absolute atomic E-state index is 13.1. The second-order valence-corrected chi connectivity index (χ2v) is 7.76. The number of nitrogens with zero attached hydrogens (tertiary/aromatic N) is 4. The Kier molecular flexibility index (Phi) is 5.87. The number of aryl methyl sites for hydroxylation is 1. The largest absolute Gasteiger partial charge is 0.434 e. The first-order valence-corrected chi connectivity index (χ1v) is 9.61. The molecule has 0 aliphatic heterocycles. The molecule has 0 aliphatic rings. The molecule has 0 spiro atoms. The molecule has 0 fully saturated rings. The lowest BCUT2D eigenvalue weighted by Gasteiger charge is -2.06. The molecule has 148 valence electrons. The van der Waals surface area contributed by atoms with Crippen LogP contribution in [0.2, 0.25) is 5.02 Å². The second-order valence-electron chi connectivity index (χ2n) is 5.70. The van der Waals surface area contributed by atoms with Gasteiger partial charge in [0.1, 0.15) is 0 Å². The van der Waals surface area contributed by atoms with Crippen molar-refractivity contribution in [3.63, 3.8) is 0 Å². The maximum Gasteiger partial charge on any atom is 0.434 e. The molecule has 1 aromatic carbocycles. The van der Waals surface area contributed by atoms with Gasteiger partial charge in [-0.3, -0.25) is 14.2 Å². The summed E-state index contributed by atoms with van der Waals surface area (Å²) in [7, 11) is 1.11. The van der Waals surface area contributed by atoms with Gasteiger partial charge in [0.05, 0.1) is 15.5 Å². The minimum atomic E-state index is -4.66. The predicted octanol–water partition coefficient (Wildman–Crippen LogP) is 5.11. The summed E-state index contributed by atoms with van der Waals surface area (Å²) in [5, 5.41) is 10.9. The smallest absolute Gasteiger partial charge is 0.303 e. The zero-order valence-electron chi connectivity index (χ0n) is 14.1. The molecule has 0 unspecified atom stereocenters.